The van der Waals surface area contributed by atoms with E-state index in [1.54, 1.807) is 6.26 Å². The fraction of sp³-hybridized carbons (Fsp3) is 0.851. The average molecular weight is 910 g/mol. The van der Waals surface area contributed by atoms with E-state index in [2.05, 4.69) is 106 Å². The Morgan fingerprint density at radius 2 is 1.53 bits per heavy atom. The van der Waals surface area contributed by atoms with Crippen molar-refractivity contribution in [1.29, 1.82) is 0 Å². The lowest BCUT2D eigenvalue weighted by Gasteiger charge is -2.44. The first-order chi connectivity index (χ1) is 27.9. The van der Waals surface area contributed by atoms with E-state index in [4.69, 9.17) is 22.4 Å². The van der Waals surface area contributed by atoms with Gasteiger partial charge < -0.3 is 22.4 Å². The fourth-order valence-electron chi connectivity index (χ4n) is 9.53. The van der Waals surface area contributed by atoms with Crippen LogP contribution < -0.4 is 0 Å². The SMILES string of the molecule is CC[Si](CC)(CC)O[C@H]1[C@@H](C)CCC[C@]2(C)[C@H](C[C@@H](/C(C)=C/c3coc(SC)n3)OC(=O)C[C@H](O[Si](CC)(CC)CC)C(C)(C)C(=O)[C@@H]1C)N2CCO[Si](C)(C)C(C)(C)C. The van der Waals surface area contributed by atoms with Gasteiger partial charge in [0.2, 0.25) is 0 Å². The smallest absolute Gasteiger partial charge is 0.309 e. The predicted octanol–water partition coefficient (Wildman–Crippen LogP) is 12.8. The van der Waals surface area contributed by atoms with Crippen LogP contribution in [0.3, 0.4) is 0 Å². The third kappa shape index (κ3) is 12.6. The summed E-state index contributed by atoms with van der Waals surface area (Å²) in [4.78, 5) is 37.0. The van der Waals surface area contributed by atoms with Crippen LogP contribution >= 0.6 is 11.8 Å². The van der Waals surface area contributed by atoms with Crippen molar-refractivity contribution in [2.24, 2.45) is 17.3 Å². The van der Waals surface area contributed by atoms with E-state index in [9.17, 15) is 4.79 Å². The maximum absolute atomic E-state index is 15.2. The Bertz CT molecular complexity index is 1550. The van der Waals surface area contributed by atoms with Gasteiger partial charge in [0.15, 0.2) is 25.0 Å². The zero-order chi connectivity index (χ0) is 45.5. The van der Waals surface area contributed by atoms with Crippen LogP contribution in [-0.4, -0.2) is 95.9 Å². The van der Waals surface area contributed by atoms with E-state index in [1.807, 2.05) is 33.1 Å². The number of thioether (sulfide) groups is 1. The van der Waals surface area contributed by atoms with Crippen LogP contribution in [0.25, 0.3) is 6.08 Å². The minimum Gasteiger partial charge on any atom is -0.458 e. The minimum atomic E-state index is -2.27. The van der Waals surface area contributed by atoms with Crippen LogP contribution in [0.4, 0.5) is 0 Å². The van der Waals surface area contributed by atoms with Crippen LogP contribution in [0.2, 0.25) is 54.4 Å². The molecule has 3 rings (SSSR count). The van der Waals surface area contributed by atoms with Crippen molar-refractivity contribution in [2.75, 3.05) is 19.4 Å². The molecule has 0 aromatic carbocycles. The number of hydrogen-bond acceptors (Lipinski definition) is 10. The standard InChI is InChI=1S/C47H88N2O7SSi3/c1-19-59(20-2,21-3)55-40-32-41(50)54-38(35(8)30-37-33-52-44(48-37)57-16)31-39-47(15,49(39)28-29-53-58(17,18)45(10,11)12)27-25-26-34(7)42(36(9)43(51)46(40,13)14)56-60(22-4,23-5)24-6/h30,33-34,36,38-40,42H,19-29,31-32H2,1-18H3/b35-30+/t34-,36+,38-,39-,40-,42-,47+,49?/m0/s1. The van der Waals surface area contributed by atoms with E-state index < -0.39 is 42.6 Å². The average Bonchev–Trinajstić information content (AvgIpc) is 3.47. The fourth-order valence-corrected chi connectivity index (χ4v) is 16.9. The number of rotatable bonds is 17. The van der Waals surface area contributed by atoms with Gasteiger partial charge in [-0.05, 0) is 105 Å². The number of nitrogens with zero attached hydrogens (tertiary/aromatic N) is 2. The first-order valence-corrected chi connectivity index (χ1v) is 32.8. The molecule has 1 aromatic rings. The van der Waals surface area contributed by atoms with Gasteiger partial charge in [-0.2, -0.15) is 0 Å². The summed E-state index contributed by atoms with van der Waals surface area (Å²) in [7, 11) is -6.29. The second-order valence-electron chi connectivity index (χ2n) is 20.6. The number of carbonyl (C=O) groups excluding carboxylic acids is 2. The molecular formula is C47H88N2O7SSi3. The number of esters is 1. The highest BCUT2D eigenvalue weighted by molar-refractivity contribution is 7.98. The molecule has 2 aliphatic heterocycles. The van der Waals surface area contributed by atoms with Gasteiger partial charge >= 0.3 is 5.97 Å². The topological polar surface area (TPSA) is 100 Å². The molecule has 0 aliphatic carbocycles. The molecule has 60 heavy (non-hydrogen) atoms. The summed E-state index contributed by atoms with van der Waals surface area (Å²) >= 11 is 1.46. The number of carbonyl (C=O) groups is 2. The third-order valence-corrected chi connectivity index (χ3v) is 30.2. The number of fused-ring (bicyclic) bond motifs is 1. The van der Waals surface area contributed by atoms with Crippen molar-refractivity contribution in [3.8, 4) is 0 Å². The number of ketones is 1. The Labute approximate surface area is 374 Å². The quantitative estimate of drug-likeness (QED) is 0.0650. The Kier molecular flexibility index (Phi) is 19.3. The molecule has 1 aromatic heterocycles. The van der Waals surface area contributed by atoms with Crippen LogP contribution in [-0.2, 0) is 27.6 Å². The maximum atomic E-state index is 15.2. The van der Waals surface area contributed by atoms with E-state index >= 15 is 4.79 Å². The number of ether oxygens (including phenoxy) is 1. The van der Waals surface area contributed by atoms with Crippen molar-refractivity contribution in [3.05, 3.63) is 17.5 Å². The van der Waals surface area contributed by atoms with Gasteiger partial charge in [-0.25, -0.2) is 4.98 Å². The highest BCUT2D eigenvalue weighted by Gasteiger charge is 2.59. The van der Waals surface area contributed by atoms with Gasteiger partial charge in [-0.15, -0.1) is 0 Å². The largest absolute Gasteiger partial charge is 0.458 e. The van der Waals surface area contributed by atoms with E-state index in [1.165, 1.54) is 11.8 Å². The number of cyclic esters (lactones) is 1. The highest BCUT2D eigenvalue weighted by atomic mass is 32.2. The molecule has 13 heteroatoms. The molecule has 0 saturated carbocycles. The Morgan fingerprint density at radius 3 is 2.05 bits per heavy atom. The molecule has 3 heterocycles. The van der Waals surface area contributed by atoms with Gasteiger partial charge in [-0.3, -0.25) is 14.5 Å². The number of oxazole rings is 1. The summed E-state index contributed by atoms with van der Waals surface area (Å²) < 4.78 is 33.7. The molecule has 0 spiro atoms. The first-order valence-electron chi connectivity index (χ1n) is 23.6. The van der Waals surface area contributed by atoms with Crippen molar-refractivity contribution >= 4 is 54.5 Å². The lowest BCUT2D eigenvalue weighted by Crippen LogP contribution is -2.53. The van der Waals surface area contributed by atoms with Crippen LogP contribution in [0.1, 0.15) is 142 Å². The molecule has 8 atom stereocenters. The molecule has 0 bridgehead atoms. The predicted molar refractivity (Wildman–Crippen MR) is 258 cm³/mol. The number of Topliss-reactive ketones (excluding diaryl/α,β-unsaturated/α-hetero) is 1. The Balaban J connectivity index is 2.17. The summed E-state index contributed by atoms with van der Waals surface area (Å²) in [6, 6.07) is 6.03. The highest BCUT2D eigenvalue weighted by Crippen LogP contribution is 2.49. The van der Waals surface area contributed by atoms with E-state index in [0.29, 0.717) is 23.9 Å². The second kappa shape index (κ2) is 21.7. The number of aromatic nitrogens is 1. The van der Waals surface area contributed by atoms with Crippen molar-refractivity contribution < 1.29 is 32.0 Å². The van der Waals surface area contributed by atoms with Crippen molar-refractivity contribution in [3.63, 3.8) is 0 Å². The molecule has 1 unspecified atom stereocenters. The zero-order valence-corrected chi connectivity index (χ0v) is 45.3. The van der Waals surface area contributed by atoms with Crippen LogP contribution in [0.15, 0.2) is 21.5 Å². The zero-order valence-electron chi connectivity index (χ0n) is 41.5. The summed E-state index contributed by atoms with van der Waals surface area (Å²) in [5.74, 6) is -0.388. The Hall–Kier alpha value is -1.07. The third-order valence-electron chi connectivity index (χ3n) is 15.8. The molecule has 2 saturated heterocycles. The van der Waals surface area contributed by atoms with Crippen LogP contribution in [0.5, 0.6) is 0 Å². The first kappa shape index (κ1) is 53.3. The van der Waals surface area contributed by atoms with Gasteiger partial charge in [-0.1, -0.05) is 108 Å². The molecular weight excluding hydrogens is 821 g/mol. The van der Waals surface area contributed by atoms with Crippen molar-refractivity contribution in [2.45, 2.75) is 225 Å². The summed E-state index contributed by atoms with van der Waals surface area (Å²) in [5.41, 5.74) is 0.584. The minimum absolute atomic E-state index is 0.00915. The van der Waals surface area contributed by atoms with Gasteiger partial charge in [0.25, 0.3) is 5.22 Å². The second-order valence-corrected chi connectivity index (χ2v) is 35.7. The van der Waals surface area contributed by atoms with Gasteiger partial charge in [0.05, 0.1) is 18.6 Å². The summed E-state index contributed by atoms with van der Waals surface area (Å²) in [5, 5.41) is 0.721. The van der Waals surface area contributed by atoms with E-state index in [-0.39, 0.29) is 52.7 Å². The van der Waals surface area contributed by atoms with E-state index in [0.717, 1.165) is 67.6 Å². The number of hydrogen-bond donors (Lipinski definition) is 0. The summed E-state index contributed by atoms with van der Waals surface area (Å²) in [6.45, 7) is 39.3. The molecule has 0 N–H and O–H groups in total. The van der Waals surface area contributed by atoms with Gasteiger partial charge in [0.1, 0.15) is 23.8 Å². The van der Waals surface area contributed by atoms with Gasteiger partial charge in [0, 0.05) is 42.5 Å². The normalized spacial score (nSPS) is 29.3. The maximum Gasteiger partial charge on any atom is 0.309 e. The lowest BCUT2D eigenvalue weighted by atomic mass is 9.73. The summed E-state index contributed by atoms with van der Waals surface area (Å²) in [6.07, 6.45) is 7.91. The molecule has 2 aliphatic rings. The monoisotopic (exact) mass is 909 g/mol. The molecule has 0 amide bonds. The molecule has 9 nitrogen and oxygen atoms in total. The Morgan fingerprint density at radius 1 is 0.967 bits per heavy atom. The van der Waals surface area contributed by atoms with Crippen LogP contribution in [0, 0.1) is 17.3 Å². The molecule has 346 valence electrons. The molecule has 0 radical (unpaired) electrons. The lowest BCUT2D eigenvalue weighted by molar-refractivity contribution is -0.153. The van der Waals surface area contributed by atoms with Crippen molar-refractivity contribution in [1.82, 2.24) is 9.88 Å². The molecule has 2 fully saturated rings.